The van der Waals surface area contributed by atoms with E-state index in [1.807, 2.05) is 30.3 Å². The van der Waals surface area contributed by atoms with Crippen LogP contribution in [0, 0.1) is 0 Å². The third-order valence-electron chi connectivity index (χ3n) is 2.14. The summed E-state index contributed by atoms with van der Waals surface area (Å²) < 4.78 is 0. The molecular weight excluding hydrogens is 226 g/mol. The summed E-state index contributed by atoms with van der Waals surface area (Å²) in [4.78, 5) is 14.8. The first kappa shape index (κ1) is 12.2. The topological polar surface area (TPSA) is 50.2 Å². The van der Waals surface area contributed by atoms with E-state index in [1.165, 1.54) is 6.20 Å². The fraction of sp³-hybridized carbons (Fsp3) is 0. The number of hydrogen-bond donors (Lipinski definition) is 1. The number of rotatable bonds is 2. The van der Waals surface area contributed by atoms with Gasteiger partial charge in [-0.05, 0) is 17.2 Å². The van der Waals surface area contributed by atoms with Gasteiger partial charge >= 0.3 is 5.97 Å². The van der Waals surface area contributed by atoms with Crippen molar-refractivity contribution < 1.29 is 9.90 Å². The Bertz CT molecular complexity index is 485. The second-order valence-corrected chi connectivity index (χ2v) is 3.09. The summed E-state index contributed by atoms with van der Waals surface area (Å²) in [6.45, 7) is 0. The number of aromatic carboxylic acids is 1. The fourth-order valence-electron chi connectivity index (χ4n) is 1.43. The van der Waals surface area contributed by atoms with Crippen LogP contribution in [0.2, 0.25) is 0 Å². The normalized spacial score (nSPS) is 9.25. The number of halogens is 1. The lowest BCUT2D eigenvalue weighted by atomic mass is 10.0. The van der Waals surface area contributed by atoms with Crippen molar-refractivity contribution in [3.8, 4) is 11.1 Å². The summed E-state index contributed by atoms with van der Waals surface area (Å²) in [5.74, 6) is -0.957. The van der Waals surface area contributed by atoms with E-state index in [4.69, 9.17) is 5.11 Å². The van der Waals surface area contributed by atoms with Gasteiger partial charge in [-0.25, -0.2) is 4.79 Å². The van der Waals surface area contributed by atoms with Crippen LogP contribution < -0.4 is 0 Å². The van der Waals surface area contributed by atoms with Gasteiger partial charge < -0.3 is 5.11 Å². The van der Waals surface area contributed by atoms with Crippen molar-refractivity contribution in [2.45, 2.75) is 0 Å². The Morgan fingerprint density at radius 3 is 2.44 bits per heavy atom. The van der Waals surface area contributed by atoms with Crippen molar-refractivity contribution in [3.05, 3.63) is 54.4 Å². The third kappa shape index (κ3) is 2.38. The second kappa shape index (κ2) is 5.28. The predicted octanol–water partition coefficient (Wildman–Crippen LogP) is 2.87. The first-order valence-corrected chi connectivity index (χ1v) is 4.52. The van der Waals surface area contributed by atoms with Gasteiger partial charge in [0.1, 0.15) is 0 Å². The van der Waals surface area contributed by atoms with Gasteiger partial charge in [-0.1, -0.05) is 30.3 Å². The van der Waals surface area contributed by atoms with Crippen molar-refractivity contribution >= 4 is 18.4 Å². The minimum atomic E-state index is -0.957. The Morgan fingerprint density at radius 1 is 1.12 bits per heavy atom. The zero-order valence-corrected chi connectivity index (χ0v) is 9.15. The Hall–Kier alpha value is -1.87. The molecule has 4 heteroatoms. The molecule has 0 radical (unpaired) electrons. The SMILES string of the molecule is Cl.O=C(O)c1cnccc1-c1ccccc1. The van der Waals surface area contributed by atoms with E-state index in [0.29, 0.717) is 5.56 Å². The smallest absolute Gasteiger partial charge is 0.337 e. The molecule has 0 amide bonds. The fourth-order valence-corrected chi connectivity index (χ4v) is 1.43. The zero-order valence-electron chi connectivity index (χ0n) is 8.33. The molecule has 0 atom stereocenters. The summed E-state index contributed by atoms with van der Waals surface area (Å²) in [6, 6.07) is 11.1. The number of carboxylic acid groups (broad SMARTS) is 1. The van der Waals surface area contributed by atoms with E-state index in [1.54, 1.807) is 12.3 Å². The molecule has 82 valence electrons. The highest BCUT2D eigenvalue weighted by molar-refractivity contribution is 5.95. The van der Waals surface area contributed by atoms with Crippen LogP contribution in [0.25, 0.3) is 11.1 Å². The number of nitrogens with zero attached hydrogens (tertiary/aromatic N) is 1. The molecule has 1 aromatic heterocycles. The molecule has 16 heavy (non-hydrogen) atoms. The maximum Gasteiger partial charge on any atom is 0.337 e. The van der Waals surface area contributed by atoms with Crippen LogP contribution in [0.5, 0.6) is 0 Å². The van der Waals surface area contributed by atoms with Crippen molar-refractivity contribution in [1.82, 2.24) is 4.98 Å². The molecule has 2 rings (SSSR count). The van der Waals surface area contributed by atoms with Crippen molar-refractivity contribution in [1.29, 1.82) is 0 Å². The largest absolute Gasteiger partial charge is 0.478 e. The van der Waals surface area contributed by atoms with Crippen molar-refractivity contribution in [2.75, 3.05) is 0 Å². The van der Waals surface area contributed by atoms with Gasteiger partial charge in [-0.15, -0.1) is 12.4 Å². The Kier molecular flexibility index (Phi) is 4.03. The molecule has 0 saturated heterocycles. The van der Waals surface area contributed by atoms with E-state index < -0.39 is 5.97 Å². The van der Waals surface area contributed by atoms with E-state index in [9.17, 15) is 4.79 Å². The number of hydrogen-bond acceptors (Lipinski definition) is 2. The molecule has 3 nitrogen and oxygen atoms in total. The highest BCUT2D eigenvalue weighted by atomic mass is 35.5. The number of benzene rings is 1. The van der Waals surface area contributed by atoms with Crippen molar-refractivity contribution in [3.63, 3.8) is 0 Å². The molecule has 0 spiro atoms. The molecule has 0 saturated carbocycles. The summed E-state index contributed by atoms with van der Waals surface area (Å²) in [6.07, 6.45) is 2.96. The van der Waals surface area contributed by atoms with E-state index in [-0.39, 0.29) is 18.0 Å². The average molecular weight is 236 g/mol. The van der Waals surface area contributed by atoms with Gasteiger partial charge in [0.25, 0.3) is 0 Å². The molecule has 0 bridgehead atoms. The maximum atomic E-state index is 11.0. The van der Waals surface area contributed by atoms with Gasteiger partial charge in [0.05, 0.1) is 5.56 Å². The van der Waals surface area contributed by atoms with Gasteiger partial charge in [-0.2, -0.15) is 0 Å². The van der Waals surface area contributed by atoms with Gasteiger partial charge in [0.15, 0.2) is 0 Å². The van der Waals surface area contributed by atoms with Crippen LogP contribution in [0.3, 0.4) is 0 Å². The minimum absolute atomic E-state index is 0. The first-order valence-electron chi connectivity index (χ1n) is 4.52. The summed E-state index contributed by atoms with van der Waals surface area (Å²) in [5, 5.41) is 8.99. The summed E-state index contributed by atoms with van der Waals surface area (Å²) in [5.41, 5.74) is 1.80. The standard InChI is InChI=1S/C12H9NO2.ClH/c14-12(15)11-8-13-7-6-10(11)9-4-2-1-3-5-9;/h1-8H,(H,14,15);1H. The summed E-state index contributed by atoms with van der Waals surface area (Å²) >= 11 is 0. The lowest BCUT2D eigenvalue weighted by Gasteiger charge is -2.04. The summed E-state index contributed by atoms with van der Waals surface area (Å²) in [7, 11) is 0. The molecule has 0 aliphatic carbocycles. The molecular formula is C12H10ClNO2. The van der Waals surface area contributed by atoms with Crippen LogP contribution in [0.1, 0.15) is 10.4 Å². The average Bonchev–Trinajstić information content (AvgIpc) is 2.30. The Morgan fingerprint density at radius 2 is 1.81 bits per heavy atom. The molecule has 0 fully saturated rings. The third-order valence-corrected chi connectivity index (χ3v) is 2.14. The highest BCUT2D eigenvalue weighted by Gasteiger charge is 2.10. The van der Waals surface area contributed by atoms with Crippen LogP contribution in [0.15, 0.2) is 48.8 Å². The molecule has 0 unspecified atom stereocenters. The van der Waals surface area contributed by atoms with Gasteiger partial charge in [0.2, 0.25) is 0 Å². The number of carbonyl (C=O) groups is 1. The lowest BCUT2D eigenvalue weighted by molar-refractivity contribution is 0.0697. The highest BCUT2D eigenvalue weighted by Crippen LogP contribution is 2.22. The van der Waals surface area contributed by atoms with E-state index >= 15 is 0 Å². The molecule has 1 N–H and O–H groups in total. The maximum absolute atomic E-state index is 11.0. The number of carboxylic acids is 1. The molecule has 0 aliphatic rings. The van der Waals surface area contributed by atoms with Crippen LogP contribution >= 0.6 is 12.4 Å². The van der Waals surface area contributed by atoms with Crippen molar-refractivity contribution in [2.24, 2.45) is 0 Å². The number of pyridine rings is 1. The molecule has 1 heterocycles. The van der Waals surface area contributed by atoms with E-state index in [2.05, 4.69) is 4.98 Å². The van der Waals surface area contributed by atoms with Gasteiger partial charge in [0, 0.05) is 12.4 Å². The first-order chi connectivity index (χ1) is 7.29. The van der Waals surface area contributed by atoms with Crippen LogP contribution in [-0.4, -0.2) is 16.1 Å². The zero-order chi connectivity index (χ0) is 10.7. The molecule has 2 aromatic rings. The van der Waals surface area contributed by atoms with Crippen LogP contribution in [0.4, 0.5) is 0 Å². The monoisotopic (exact) mass is 235 g/mol. The van der Waals surface area contributed by atoms with E-state index in [0.717, 1.165) is 5.56 Å². The molecule has 0 aliphatic heterocycles. The van der Waals surface area contributed by atoms with Gasteiger partial charge in [-0.3, -0.25) is 4.98 Å². The molecule has 1 aromatic carbocycles. The number of aromatic nitrogens is 1. The lowest BCUT2D eigenvalue weighted by Crippen LogP contribution is -1.99. The quantitative estimate of drug-likeness (QED) is 0.871. The minimum Gasteiger partial charge on any atom is -0.478 e. The second-order valence-electron chi connectivity index (χ2n) is 3.09. The van der Waals surface area contributed by atoms with Crippen LogP contribution in [-0.2, 0) is 0 Å². The predicted molar refractivity (Wildman–Crippen MR) is 63.9 cm³/mol. The Balaban J connectivity index is 0.00000128. The Labute approximate surface area is 99.2 Å².